The lowest BCUT2D eigenvalue weighted by molar-refractivity contribution is 0.248. The van der Waals surface area contributed by atoms with Crippen molar-refractivity contribution in [2.75, 3.05) is 13.1 Å². The number of aromatic nitrogens is 1. The van der Waals surface area contributed by atoms with Crippen LogP contribution in [0, 0.1) is 11.3 Å². The Morgan fingerprint density at radius 2 is 1.88 bits per heavy atom. The van der Waals surface area contributed by atoms with Gasteiger partial charge in [0.2, 0.25) is 0 Å². The highest BCUT2D eigenvalue weighted by atomic mass is 35.5. The number of hydrogen-bond donors (Lipinski definition) is 6. The minimum atomic E-state index is -0.335. The largest absolute Gasteiger partial charge is 0.392 e. The van der Waals surface area contributed by atoms with Crippen LogP contribution in [0.4, 0.5) is 0 Å². The van der Waals surface area contributed by atoms with Crippen molar-refractivity contribution in [3.63, 3.8) is 0 Å². The Morgan fingerprint density at radius 1 is 1.16 bits per heavy atom. The number of halogens is 1. The van der Waals surface area contributed by atoms with E-state index in [1.807, 2.05) is 6.07 Å². The third kappa shape index (κ3) is 3.85. The quantitative estimate of drug-likeness (QED) is 0.382. The molecule has 1 aromatic carbocycles. The average molecular weight is 365 g/mol. The van der Waals surface area contributed by atoms with Crippen LogP contribution < -0.4 is 11.1 Å². The minimum Gasteiger partial charge on any atom is -0.392 e. The van der Waals surface area contributed by atoms with Crippen molar-refractivity contribution in [1.82, 2.24) is 10.3 Å². The van der Waals surface area contributed by atoms with Crippen LogP contribution in [0.15, 0.2) is 12.1 Å². The maximum absolute atomic E-state index is 9.83. The van der Waals surface area contributed by atoms with E-state index in [2.05, 4.69) is 10.3 Å². The summed E-state index contributed by atoms with van der Waals surface area (Å²) < 4.78 is 0. The van der Waals surface area contributed by atoms with Gasteiger partial charge in [-0.3, -0.25) is 0 Å². The van der Waals surface area contributed by atoms with Crippen LogP contribution in [0.25, 0.3) is 11.1 Å². The monoisotopic (exact) mass is 364 g/mol. The second kappa shape index (κ2) is 8.97. The van der Waals surface area contributed by atoms with Gasteiger partial charge in [0.1, 0.15) is 11.8 Å². The van der Waals surface area contributed by atoms with Gasteiger partial charge in [0.25, 0.3) is 0 Å². The number of H-pyrrole nitrogens is 1. The fraction of sp³-hybridized carbons (Fsp3) is 0.353. The molecule has 0 amide bonds. The normalized spacial score (nSPS) is 10.9. The smallest absolute Gasteiger partial charge is 0.137 e. The Bertz CT molecular complexity index is 783. The zero-order valence-electron chi connectivity index (χ0n) is 13.6. The summed E-state index contributed by atoms with van der Waals surface area (Å²) in [5.41, 5.74) is 9.05. The summed E-state index contributed by atoms with van der Waals surface area (Å²) in [6.07, 6.45) is 0. The Kier molecular flexibility index (Phi) is 6.96. The van der Waals surface area contributed by atoms with Crippen LogP contribution in [0.2, 0.25) is 5.02 Å². The Balaban J connectivity index is 2.64. The second-order valence-corrected chi connectivity index (χ2v) is 5.83. The molecule has 0 bridgehead atoms. The molecule has 1 aromatic heterocycles. The van der Waals surface area contributed by atoms with Gasteiger partial charge in [0.15, 0.2) is 0 Å². The third-order valence-electron chi connectivity index (χ3n) is 4.04. The van der Waals surface area contributed by atoms with Gasteiger partial charge in [-0.25, -0.2) is 0 Å². The molecular weight excluding hydrogens is 344 g/mol. The van der Waals surface area contributed by atoms with Crippen molar-refractivity contribution in [3.8, 4) is 17.2 Å². The number of nitrogens with one attached hydrogen (secondary N) is 2. The number of nitrogens with zero attached hydrogens (tertiary/aromatic N) is 1. The molecule has 0 saturated heterocycles. The number of hydrogen-bond acceptors (Lipinski definition) is 6. The molecule has 134 valence electrons. The number of nitrogens with two attached hydrogens (primary N) is 1. The Labute approximate surface area is 150 Å². The zero-order valence-corrected chi connectivity index (χ0v) is 14.4. The molecule has 7 nitrogen and oxygen atoms in total. The predicted octanol–water partition coefficient (Wildman–Crippen LogP) is 0.732. The van der Waals surface area contributed by atoms with Crippen molar-refractivity contribution in [2.45, 2.75) is 26.4 Å². The number of aromatic amines is 1. The van der Waals surface area contributed by atoms with E-state index in [9.17, 15) is 20.6 Å². The van der Waals surface area contributed by atoms with Gasteiger partial charge in [-0.15, -0.1) is 0 Å². The second-order valence-electron chi connectivity index (χ2n) is 5.45. The standard InChI is InChI=1S/C17H21ClN4O3/c18-17-14(5-20)22-15(6-21-4-3-19)16(17)11-2-1-10(7-23)12(8-24)13(11)9-25/h1-2,21-25H,3-4,6-9,19H2. The van der Waals surface area contributed by atoms with Crippen LogP contribution in [0.1, 0.15) is 28.1 Å². The van der Waals surface area contributed by atoms with Crippen molar-refractivity contribution >= 4 is 11.6 Å². The molecule has 0 aliphatic heterocycles. The number of aliphatic hydroxyl groups excluding tert-OH is 3. The lowest BCUT2D eigenvalue weighted by Gasteiger charge is -2.16. The van der Waals surface area contributed by atoms with E-state index in [1.165, 1.54) is 0 Å². The highest BCUT2D eigenvalue weighted by Gasteiger charge is 2.22. The van der Waals surface area contributed by atoms with E-state index in [0.717, 1.165) is 0 Å². The lowest BCUT2D eigenvalue weighted by Crippen LogP contribution is -2.22. The first-order valence-corrected chi connectivity index (χ1v) is 8.18. The van der Waals surface area contributed by atoms with Gasteiger partial charge in [0, 0.05) is 30.9 Å². The van der Waals surface area contributed by atoms with Gasteiger partial charge in [0.05, 0.1) is 24.8 Å². The zero-order chi connectivity index (χ0) is 18.4. The summed E-state index contributed by atoms with van der Waals surface area (Å²) in [6.45, 7) is 0.561. The fourth-order valence-electron chi connectivity index (χ4n) is 2.83. The van der Waals surface area contributed by atoms with Crippen LogP contribution in [-0.2, 0) is 26.4 Å². The van der Waals surface area contributed by atoms with E-state index in [4.69, 9.17) is 17.3 Å². The maximum Gasteiger partial charge on any atom is 0.137 e. The van der Waals surface area contributed by atoms with Crippen LogP contribution in [-0.4, -0.2) is 33.4 Å². The minimum absolute atomic E-state index is 0.224. The van der Waals surface area contributed by atoms with E-state index in [1.54, 1.807) is 12.1 Å². The summed E-state index contributed by atoms with van der Waals surface area (Å²) in [7, 11) is 0. The van der Waals surface area contributed by atoms with Gasteiger partial charge >= 0.3 is 0 Å². The van der Waals surface area contributed by atoms with E-state index in [-0.39, 0.29) is 30.5 Å². The highest BCUT2D eigenvalue weighted by molar-refractivity contribution is 6.34. The molecule has 0 aliphatic carbocycles. The Morgan fingerprint density at radius 3 is 2.44 bits per heavy atom. The number of nitriles is 1. The molecule has 0 saturated carbocycles. The highest BCUT2D eigenvalue weighted by Crippen LogP contribution is 2.38. The molecular formula is C17H21ClN4O3. The summed E-state index contributed by atoms with van der Waals surface area (Å²) in [5, 5.41) is 41.6. The molecule has 25 heavy (non-hydrogen) atoms. The first-order valence-electron chi connectivity index (χ1n) is 7.80. The molecule has 0 atom stereocenters. The molecule has 2 aromatic rings. The fourth-order valence-corrected chi connectivity index (χ4v) is 3.14. The SMILES string of the molecule is N#Cc1[nH]c(CNCCN)c(-c2ccc(CO)c(CO)c2CO)c1Cl. The number of rotatable bonds is 8. The van der Waals surface area contributed by atoms with Gasteiger partial charge in [-0.1, -0.05) is 23.7 Å². The lowest BCUT2D eigenvalue weighted by atomic mass is 9.92. The molecule has 8 heteroatoms. The van der Waals surface area contributed by atoms with Gasteiger partial charge in [-0.05, 0) is 22.3 Å². The molecule has 2 rings (SSSR count). The first kappa shape index (κ1) is 19.4. The molecule has 0 radical (unpaired) electrons. The summed E-state index contributed by atoms with van der Waals surface area (Å²) >= 11 is 6.38. The maximum atomic E-state index is 9.83. The summed E-state index contributed by atoms with van der Waals surface area (Å²) in [4.78, 5) is 2.98. The Hall–Kier alpha value is -1.92. The van der Waals surface area contributed by atoms with Crippen molar-refractivity contribution in [1.29, 1.82) is 5.26 Å². The van der Waals surface area contributed by atoms with E-state index in [0.29, 0.717) is 53.1 Å². The molecule has 0 spiro atoms. The molecule has 0 fully saturated rings. The van der Waals surface area contributed by atoms with Gasteiger partial charge < -0.3 is 31.4 Å². The first-order chi connectivity index (χ1) is 12.1. The van der Waals surface area contributed by atoms with Crippen molar-refractivity contribution in [2.24, 2.45) is 5.73 Å². The van der Waals surface area contributed by atoms with Crippen LogP contribution in [0.5, 0.6) is 0 Å². The van der Waals surface area contributed by atoms with Crippen LogP contribution >= 0.6 is 11.6 Å². The van der Waals surface area contributed by atoms with E-state index < -0.39 is 0 Å². The van der Waals surface area contributed by atoms with Gasteiger partial charge in [-0.2, -0.15) is 5.26 Å². The topological polar surface area (TPSA) is 138 Å². The molecule has 7 N–H and O–H groups in total. The molecule has 1 heterocycles. The predicted molar refractivity (Wildman–Crippen MR) is 94.5 cm³/mol. The van der Waals surface area contributed by atoms with Crippen molar-refractivity contribution in [3.05, 3.63) is 45.2 Å². The summed E-state index contributed by atoms with van der Waals surface area (Å²) in [5.74, 6) is 0. The summed E-state index contributed by atoms with van der Waals surface area (Å²) in [6, 6.07) is 5.41. The van der Waals surface area contributed by atoms with Crippen LogP contribution in [0.3, 0.4) is 0 Å². The average Bonchev–Trinajstić information content (AvgIpc) is 2.95. The van der Waals surface area contributed by atoms with Crippen molar-refractivity contribution < 1.29 is 15.3 Å². The number of aliphatic hydroxyl groups is 3. The third-order valence-corrected chi connectivity index (χ3v) is 4.41. The number of benzene rings is 1. The van der Waals surface area contributed by atoms with E-state index >= 15 is 0 Å². The molecule has 0 unspecified atom stereocenters. The molecule has 0 aliphatic rings.